The summed E-state index contributed by atoms with van der Waals surface area (Å²) in [5.74, 6) is 2.05. The molecular formula is C24H27NO4S2. The third-order valence-corrected chi connectivity index (χ3v) is 6.43. The highest BCUT2D eigenvalue weighted by atomic mass is 32.2. The molecule has 0 bridgehead atoms. The number of methoxy groups -OCH3 is 1. The number of carbonyl (C=O) groups excluding carboxylic acids is 1. The molecule has 31 heavy (non-hydrogen) atoms. The molecule has 1 amide bonds. The topological polar surface area (TPSA) is 48.0 Å². The quantitative estimate of drug-likeness (QED) is 0.286. The first-order valence-electron chi connectivity index (χ1n) is 10.2. The largest absolute Gasteiger partial charge is 0.493 e. The molecule has 164 valence electrons. The van der Waals surface area contributed by atoms with Gasteiger partial charge in [-0.15, -0.1) is 0 Å². The number of hydrogen-bond donors (Lipinski definition) is 0. The van der Waals surface area contributed by atoms with Crippen molar-refractivity contribution >= 4 is 40.3 Å². The van der Waals surface area contributed by atoms with Crippen molar-refractivity contribution in [2.45, 2.75) is 27.2 Å². The van der Waals surface area contributed by atoms with E-state index in [0.717, 1.165) is 16.9 Å². The number of likely N-dealkylation sites (N-methyl/N-ethyl adjacent to an activating group) is 1. The molecular weight excluding hydrogens is 430 g/mol. The summed E-state index contributed by atoms with van der Waals surface area (Å²) >= 11 is 6.61. The Labute approximate surface area is 193 Å². The van der Waals surface area contributed by atoms with Crippen LogP contribution in [0, 0.1) is 13.8 Å². The van der Waals surface area contributed by atoms with Crippen LogP contribution >= 0.6 is 24.0 Å². The van der Waals surface area contributed by atoms with E-state index in [9.17, 15) is 4.79 Å². The first kappa shape index (κ1) is 23.2. The van der Waals surface area contributed by atoms with Crippen LogP contribution < -0.4 is 14.2 Å². The molecule has 2 aromatic rings. The number of rotatable bonds is 9. The molecule has 1 saturated heterocycles. The number of benzene rings is 2. The van der Waals surface area contributed by atoms with E-state index in [1.54, 1.807) is 12.0 Å². The number of ether oxygens (including phenoxy) is 3. The maximum absolute atomic E-state index is 12.6. The van der Waals surface area contributed by atoms with E-state index in [-0.39, 0.29) is 5.91 Å². The van der Waals surface area contributed by atoms with Crippen LogP contribution in [0.1, 0.15) is 30.0 Å². The van der Waals surface area contributed by atoms with Crippen LogP contribution in [0.5, 0.6) is 17.2 Å². The fourth-order valence-electron chi connectivity index (χ4n) is 3.17. The van der Waals surface area contributed by atoms with Crippen LogP contribution in [0.15, 0.2) is 41.3 Å². The molecule has 7 heteroatoms. The fraction of sp³-hybridized carbons (Fsp3) is 0.333. The highest BCUT2D eigenvalue weighted by Crippen LogP contribution is 2.37. The molecule has 1 fully saturated rings. The number of aryl methyl sites for hydroxylation is 1. The van der Waals surface area contributed by atoms with Gasteiger partial charge >= 0.3 is 0 Å². The van der Waals surface area contributed by atoms with Gasteiger partial charge in [0, 0.05) is 18.5 Å². The molecule has 0 aliphatic carbocycles. The minimum atomic E-state index is -0.0757. The second-order valence-electron chi connectivity index (χ2n) is 7.05. The molecule has 0 spiro atoms. The Kier molecular flexibility index (Phi) is 7.98. The second-order valence-corrected chi connectivity index (χ2v) is 8.73. The molecule has 0 radical (unpaired) electrons. The minimum Gasteiger partial charge on any atom is -0.493 e. The molecule has 1 aliphatic heterocycles. The highest BCUT2D eigenvalue weighted by Gasteiger charge is 2.31. The number of carbonyl (C=O) groups is 1. The molecule has 1 heterocycles. The van der Waals surface area contributed by atoms with Gasteiger partial charge in [0.05, 0.1) is 25.2 Å². The smallest absolute Gasteiger partial charge is 0.266 e. The van der Waals surface area contributed by atoms with Crippen molar-refractivity contribution in [3.63, 3.8) is 0 Å². The Morgan fingerprint density at radius 2 is 1.77 bits per heavy atom. The Morgan fingerprint density at radius 3 is 2.48 bits per heavy atom. The lowest BCUT2D eigenvalue weighted by Crippen LogP contribution is -2.27. The van der Waals surface area contributed by atoms with Crippen molar-refractivity contribution in [3.05, 3.63) is 58.0 Å². The van der Waals surface area contributed by atoms with Crippen molar-refractivity contribution in [2.75, 3.05) is 26.9 Å². The first-order valence-corrected chi connectivity index (χ1v) is 11.4. The fourth-order valence-corrected chi connectivity index (χ4v) is 4.55. The predicted molar refractivity (Wildman–Crippen MR) is 130 cm³/mol. The number of para-hydroxylation sites is 1. The van der Waals surface area contributed by atoms with Gasteiger partial charge in [-0.05, 0) is 50.1 Å². The van der Waals surface area contributed by atoms with E-state index >= 15 is 0 Å². The molecule has 0 saturated carbocycles. The molecule has 3 rings (SSSR count). The summed E-state index contributed by atoms with van der Waals surface area (Å²) < 4.78 is 18.0. The summed E-state index contributed by atoms with van der Waals surface area (Å²) in [4.78, 5) is 14.7. The molecule has 5 nitrogen and oxygen atoms in total. The van der Waals surface area contributed by atoms with Crippen molar-refractivity contribution < 1.29 is 19.0 Å². The highest BCUT2D eigenvalue weighted by molar-refractivity contribution is 8.26. The summed E-state index contributed by atoms with van der Waals surface area (Å²) in [5.41, 5.74) is 3.15. The van der Waals surface area contributed by atoms with Crippen molar-refractivity contribution in [2.24, 2.45) is 0 Å². The summed E-state index contributed by atoms with van der Waals surface area (Å²) in [6, 6.07) is 11.7. The van der Waals surface area contributed by atoms with Gasteiger partial charge in [-0.3, -0.25) is 9.69 Å². The zero-order valence-corrected chi connectivity index (χ0v) is 19.9. The van der Waals surface area contributed by atoms with Gasteiger partial charge < -0.3 is 14.2 Å². The molecule has 1 aliphatic rings. The van der Waals surface area contributed by atoms with Crippen LogP contribution in [-0.2, 0) is 4.79 Å². The SMILES string of the molecule is CCN1C(=O)/C(=C\c2cccc(OC)c2OCCCOc2cccc(C)c2C)SC1=S. The Morgan fingerprint density at radius 1 is 1.06 bits per heavy atom. The van der Waals surface area contributed by atoms with Gasteiger partial charge in [-0.1, -0.05) is 48.2 Å². The van der Waals surface area contributed by atoms with E-state index in [0.29, 0.717) is 46.9 Å². The van der Waals surface area contributed by atoms with Crippen LogP contribution in [-0.4, -0.2) is 42.0 Å². The normalized spacial score (nSPS) is 15.0. The van der Waals surface area contributed by atoms with Gasteiger partial charge in [-0.2, -0.15) is 0 Å². The average Bonchev–Trinajstić information content (AvgIpc) is 3.03. The van der Waals surface area contributed by atoms with E-state index < -0.39 is 0 Å². The number of thioether (sulfide) groups is 1. The summed E-state index contributed by atoms with van der Waals surface area (Å²) in [5, 5.41) is 0. The van der Waals surface area contributed by atoms with Crippen LogP contribution in [0.4, 0.5) is 0 Å². The monoisotopic (exact) mass is 457 g/mol. The standard InChI is InChI=1S/C24H27NO4S2/c1-5-25-23(26)21(31-24(25)30)15-18-10-7-12-20(27-4)22(18)29-14-8-13-28-19-11-6-9-16(2)17(19)3/h6-7,9-12,15H,5,8,13-14H2,1-4H3/b21-15+. The van der Waals surface area contributed by atoms with Gasteiger partial charge in [0.15, 0.2) is 11.5 Å². The van der Waals surface area contributed by atoms with Crippen LogP contribution in [0.3, 0.4) is 0 Å². The summed E-state index contributed by atoms with van der Waals surface area (Å²) in [6.45, 7) is 7.61. The maximum Gasteiger partial charge on any atom is 0.266 e. The third-order valence-electron chi connectivity index (χ3n) is 5.05. The Bertz CT molecular complexity index is 1000. The Hall–Kier alpha value is -2.51. The van der Waals surface area contributed by atoms with Gasteiger partial charge in [0.25, 0.3) is 5.91 Å². The lowest BCUT2D eigenvalue weighted by molar-refractivity contribution is -0.121. The predicted octanol–water partition coefficient (Wildman–Crippen LogP) is 5.38. The van der Waals surface area contributed by atoms with Gasteiger partial charge in [0.1, 0.15) is 10.1 Å². The molecule has 0 unspecified atom stereocenters. The van der Waals surface area contributed by atoms with E-state index in [4.69, 9.17) is 26.4 Å². The van der Waals surface area contributed by atoms with Crippen molar-refractivity contribution in [1.29, 1.82) is 0 Å². The van der Waals surface area contributed by atoms with Crippen LogP contribution in [0.2, 0.25) is 0 Å². The van der Waals surface area contributed by atoms with Gasteiger partial charge in [0.2, 0.25) is 0 Å². The summed E-state index contributed by atoms with van der Waals surface area (Å²) in [7, 11) is 1.60. The minimum absolute atomic E-state index is 0.0757. The number of hydrogen-bond acceptors (Lipinski definition) is 6. The molecule has 0 N–H and O–H groups in total. The first-order chi connectivity index (χ1) is 15.0. The van der Waals surface area contributed by atoms with E-state index in [1.807, 2.05) is 43.3 Å². The molecule has 2 aromatic carbocycles. The van der Waals surface area contributed by atoms with Crippen molar-refractivity contribution in [3.8, 4) is 17.2 Å². The maximum atomic E-state index is 12.6. The number of amides is 1. The molecule has 0 aromatic heterocycles. The average molecular weight is 458 g/mol. The molecule has 0 atom stereocenters. The number of nitrogens with zero attached hydrogens (tertiary/aromatic N) is 1. The summed E-state index contributed by atoms with van der Waals surface area (Å²) in [6.07, 6.45) is 2.53. The number of thiocarbonyl (C=S) groups is 1. The van der Waals surface area contributed by atoms with E-state index in [2.05, 4.69) is 19.9 Å². The third kappa shape index (κ3) is 5.40. The van der Waals surface area contributed by atoms with Crippen LogP contribution in [0.25, 0.3) is 6.08 Å². The lowest BCUT2D eigenvalue weighted by Gasteiger charge is -2.15. The zero-order valence-electron chi connectivity index (χ0n) is 18.3. The van der Waals surface area contributed by atoms with Gasteiger partial charge in [-0.25, -0.2) is 0 Å². The van der Waals surface area contributed by atoms with E-state index in [1.165, 1.54) is 17.3 Å². The van der Waals surface area contributed by atoms with Crippen molar-refractivity contribution in [1.82, 2.24) is 4.90 Å². The lowest BCUT2D eigenvalue weighted by atomic mass is 10.1. The second kappa shape index (κ2) is 10.7. The zero-order chi connectivity index (χ0) is 22.4. The Balaban J connectivity index is 1.67.